The lowest BCUT2D eigenvalue weighted by atomic mass is 9.68. The number of ether oxygens (including phenoxy) is 1. The van der Waals surface area contributed by atoms with Crippen molar-refractivity contribution in [1.29, 1.82) is 0 Å². The zero-order valence-electron chi connectivity index (χ0n) is 17.9. The first-order valence-electron chi connectivity index (χ1n) is 10.5. The molecule has 2 rings (SSSR count). The highest BCUT2D eigenvalue weighted by Gasteiger charge is 2.41. The Kier molecular flexibility index (Phi) is 7.19. The van der Waals surface area contributed by atoms with E-state index in [2.05, 4.69) is 27.4 Å². The topological polar surface area (TPSA) is 66.8 Å². The van der Waals surface area contributed by atoms with Gasteiger partial charge in [-0.2, -0.15) is 0 Å². The number of aromatic carboxylic acids is 1. The van der Waals surface area contributed by atoms with Crippen LogP contribution in [-0.4, -0.2) is 21.8 Å². The zero-order chi connectivity index (χ0) is 20.9. The molecule has 1 unspecified atom stereocenters. The van der Waals surface area contributed by atoms with E-state index < -0.39 is 11.6 Å². The number of benzene rings is 1. The van der Waals surface area contributed by atoms with Crippen LogP contribution in [0.3, 0.4) is 0 Å². The van der Waals surface area contributed by atoms with E-state index in [9.17, 15) is 15.0 Å². The van der Waals surface area contributed by atoms with Gasteiger partial charge in [-0.1, -0.05) is 53.0 Å². The number of carbonyl (C=O) groups is 1. The Morgan fingerprint density at radius 2 is 1.86 bits per heavy atom. The number of aryl methyl sites for hydroxylation is 1. The summed E-state index contributed by atoms with van der Waals surface area (Å²) >= 11 is 0. The summed E-state index contributed by atoms with van der Waals surface area (Å²) in [6.07, 6.45) is 8.75. The molecule has 4 heteroatoms. The summed E-state index contributed by atoms with van der Waals surface area (Å²) in [5, 5.41) is 20.1. The number of carboxylic acids is 1. The van der Waals surface area contributed by atoms with E-state index in [1.54, 1.807) is 6.07 Å². The molecule has 0 aromatic heterocycles. The largest absolute Gasteiger partial charge is 0.508 e. The first kappa shape index (κ1) is 22.3. The summed E-state index contributed by atoms with van der Waals surface area (Å²) in [4.78, 5) is 12.1. The Morgan fingerprint density at radius 1 is 1.18 bits per heavy atom. The molecule has 0 saturated heterocycles. The zero-order valence-corrected chi connectivity index (χ0v) is 17.9. The molecule has 4 nitrogen and oxygen atoms in total. The molecule has 1 fully saturated rings. The third-order valence-corrected chi connectivity index (χ3v) is 5.93. The average Bonchev–Trinajstić information content (AvgIpc) is 2.57. The number of hydrogen-bond acceptors (Lipinski definition) is 3. The second kappa shape index (κ2) is 9.02. The fourth-order valence-electron chi connectivity index (χ4n) is 4.33. The number of rotatable bonds is 9. The van der Waals surface area contributed by atoms with Crippen molar-refractivity contribution >= 4 is 5.97 Å². The Labute approximate surface area is 169 Å². The van der Waals surface area contributed by atoms with E-state index in [-0.39, 0.29) is 22.5 Å². The molecule has 0 radical (unpaired) electrons. The van der Waals surface area contributed by atoms with Crippen LogP contribution in [0.25, 0.3) is 0 Å². The van der Waals surface area contributed by atoms with Gasteiger partial charge < -0.3 is 14.9 Å². The molecule has 28 heavy (non-hydrogen) atoms. The predicted octanol–water partition coefficient (Wildman–Crippen LogP) is 6.51. The van der Waals surface area contributed by atoms with Gasteiger partial charge in [0.25, 0.3) is 0 Å². The van der Waals surface area contributed by atoms with Crippen LogP contribution < -0.4 is 4.74 Å². The molecule has 0 spiro atoms. The quantitative estimate of drug-likeness (QED) is 0.374. The van der Waals surface area contributed by atoms with Crippen LogP contribution in [0.1, 0.15) is 95.0 Å². The summed E-state index contributed by atoms with van der Waals surface area (Å²) in [5.74, 6) is -0.715. The van der Waals surface area contributed by atoms with Crippen LogP contribution in [0.4, 0.5) is 0 Å². The third-order valence-electron chi connectivity index (χ3n) is 5.93. The minimum absolute atomic E-state index is 0.0489. The van der Waals surface area contributed by atoms with E-state index in [1.807, 2.05) is 6.92 Å². The van der Waals surface area contributed by atoms with Crippen LogP contribution in [-0.2, 0) is 6.42 Å². The molecule has 1 aromatic rings. The van der Waals surface area contributed by atoms with Crippen molar-refractivity contribution in [2.45, 2.75) is 91.1 Å². The SMILES string of the molecule is C=C1CCC(C)(C)CC1(C)Oc1cc(O)cc(CCCCCCC)c1C(=O)O. The lowest BCUT2D eigenvalue weighted by molar-refractivity contribution is 0.0414. The lowest BCUT2D eigenvalue weighted by Gasteiger charge is -2.44. The van der Waals surface area contributed by atoms with Gasteiger partial charge in [-0.15, -0.1) is 0 Å². The number of hydrogen-bond donors (Lipinski definition) is 2. The standard InChI is InChI=1S/C24H36O4/c1-6-7-8-9-10-11-18-14-19(25)15-20(21(18)22(26)27)28-24(5)16-23(3,4)13-12-17(24)2/h14-15,25H,2,6-13,16H2,1,3-5H3,(H,26,27). The highest BCUT2D eigenvalue weighted by atomic mass is 16.5. The number of unbranched alkanes of at least 4 members (excludes halogenated alkanes) is 4. The van der Waals surface area contributed by atoms with E-state index in [0.29, 0.717) is 12.0 Å². The number of carboxylic acid groups (broad SMARTS) is 1. The summed E-state index contributed by atoms with van der Waals surface area (Å²) in [7, 11) is 0. The minimum Gasteiger partial charge on any atom is -0.508 e. The Bertz CT molecular complexity index is 720. The number of aromatic hydroxyl groups is 1. The van der Waals surface area contributed by atoms with Gasteiger partial charge in [0.15, 0.2) is 0 Å². The van der Waals surface area contributed by atoms with E-state index in [4.69, 9.17) is 4.74 Å². The average molecular weight is 389 g/mol. The maximum absolute atomic E-state index is 12.1. The molecular formula is C24H36O4. The molecule has 1 aliphatic rings. The molecule has 0 bridgehead atoms. The molecule has 2 N–H and O–H groups in total. The van der Waals surface area contributed by atoms with Crippen LogP contribution in [0.15, 0.2) is 24.3 Å². The Balaban J connectivity index is 2.30. The number of phenolic OH excluding ortho intramolecular Hbond substituents is 1. The first-order chi connectivity index (χ1) is 13.1. The first-order valence-corrected chi connectivity index (χ1v) is 10.5. The van der Waals surface area contributed by atoms with Crippen LogP contribution >= 0.6 is 0 Å². The van der Waals surface area contributed by atoms with Gasteiger partial charge >= 0.3 is 5.97 Å². The maximum Gasteiger partial charge on any atom is 0.339 e. The lowest BCUT2D eigenvalue weighted by Crippen LogP contribution is -2.43. The van der Waals surface area contributed by atoms with Crippen molar-refractivity contribution in [3.63, 3.8) is 0 Å². The van der Waals surface area contributed by atoms with Gasteiger partial charge in [-0.25, -0.2) is 4.79 Å². The van der Waals surface area contributed by atoms with Gasteiger partial charge in [-0.3, -0.25) is 0 Å². The van der Waals surface area contributed by atoms with Gasteiger partial charge in [0, 0.05) is 6.07 Å². The summed E-state index contributed by atoms with van der Waals surface area (Å²) in [6.45, 7) is 12.7. The van der Waals surface area contributed by atoms with Crippen LogP contribution in [0.2, 0.25) is 0 Å². The summed E-state index contributed by atoms with van der Waals surface area (Å²) in [6, 6.07) is 3.00. The molecule has 156 valence electrons. The minimum atomic E-state index is -1.01. The van der Waals surface area contributed by atoms with Crippen molar-refractivity contribution < 1.29 is 19.7 Å². The van der Waals surface area contributed by atoms with Gasteiger partial charge in [0.1, 0.15) is 22.7 Å². The van der Waals surface area contributed by atoms with Crippen molar-refractivity contribution in [1.82, 2.24) is 0 Å². The molecule has 0 heterocycles. The molecule has 1 aliphatic carbocycles. The fraction of sp³-hybridized carbons (Fsp3) is 0.625. The smallest absolute Gasteiger partial charge is 0.339 e. The molecule has 1 aromatic carbocycles. The van der Waals surface area contributed by atoms with Gasteiger partial charge in [-0.05, 0) is 61.6 Å². The van der Waals surface area contributed by atoms with Crippen LogP contribution in [0.5, 0.6) is 11.5 Å². The summed E-state index contributed by atoms with van der Waals surface area (Å²) < 4.78 is 6.31. The molecule has 1 saturated carbocycles. The summed E-state index contributed by atoms with van der Waals surface area (Å²) in [5.41, 5.74) is 1.25. The molecular weight excluding hydrogens is 352 g/mol. The highest BCUT2D eigenvalue weighted by Crippen LogP contribution is 2.46. The Hall–Kier alpha value is -1.97. The van der Waals surface area contributed by atoms with E-state index in [0.717, 1.165) is 44.1 Å². The van der Waals surface area contributed by atoms with Crippen molar-refractivity contribution in [3.05, 3.63) is 35.4 Å². The van der Waals surface area contributed by atoms with Crippen molar-refractivity contribution in [3.8, 4) is 11.5 Å². The van der Waals surface area contributed by atoms with E-state index >= 15 is 0 Å². The Morgan fingerprint density at radius 3 is 2.50 bits per heavy atom. The van der Waals surface area contributed by atoms with Crippen LogP contribution in [0, 0.1) is 5.41 Å². The molecule has 0 aliphatic heterocycles. The fourth-order valence-corrected chi connectivity index (χ4v) is 4.33. The van der Waals surface area contributed by atoms with Crippen molar-refractivity contribution in [2.24, 2.45) is 5.41 Å². The monoisotopic (exact) mass is 388 g/mol. The third kappa shape index (κ3) is 5.52. The number of phenols is 1. The predicted molar refractivity (Wildman–Crippen MR) is 113 cm³/mol. The molecule has 0 amide bonds. The molecule has 1 atom stereocenters. The van der Waals surface area contributed by atoms with E-state index in [1.165, 1.54) is 18.9 Å². The second-order valence-corrected chi connectivity index (χ2v) is 9.22. The van der Waals surface area contributed by atoms with Gasteiger partial charge in [0.05, 0.1) is 0 Å². The van der Waals surface area contributed by atoms with Crippen molar-refractivity contribution in [2.75, 3.05) is 0 Å². The normalized spacial score (nSPS) is 21.5. The maximum atomic E-state index is 12.1. The second-order valence-electron chi connectivity index (χ2n) is 9.22. The van der Waals surface area contributed by atoms with Gasteiger partial charge in [0.2, 0.25) is 0 Å². The highest BCUT2D eigenvalue weighted by molar-refractivity contribution is 5.93.